The number of primary amides is 1. The monoisotopic (exact) mass is 308 g/mol. The molecule has 0 saturated carbocycles. The number of ether oxygens (including phenoxy) is 2. The van der Waals surface area contributed by atoms with Crippen molar-refractivity contribution in [2.45, 2.75) is 0 Å². The van der Waals surface area contributed by atoms with Gasteiger partial charge in [0.15, 0.2) is 5.82 Å². The fourth-order valence-corrected chi connectivity index (χ4v) is 1.70. The van der Waals surface area contributed by atoms with Crippen molar-refractivity contribution in [1.82, 2.24) is 4.98 Å². The molecule has 0 atom stereocenters. The van der Waals surface area contributed by atoms with Crippen LogP contribution >= 0.6 is 0 Å². The number of pyridine rings is 1. The second-order valence-electron chi connectivity index (χ2n) is 4.07. The highest BCUT2D eigenvalue weighted by Crippen LogP contribution is 2.31. The molecule has 0 aliphatic carbocycles. The molecule has 0 bridgehead atoms. The van der Waals surface area contributed by atoms with Gasteiger partial charge in [0.05, 0.1) is 7.11 Å². The Bertz CT molecular complexity index is 805. The molecular formula is C13H9FN2O6. The van der Waals surface area contributed by atoms with Crippen molar-refractivity contribution in [3.63, 3.8) is 0 Å². The fraction of sp³-hybridized carbons (Fsp3) is 0.0769. The minimum absolute atomic E-state index is 0.0450. The van der Waals surface area contributed by atoms with Crippen molar-refractivity contribution in [3.05, 3.63) is 29.7 Å². The number of nitrogens with two attached hydrogens (primary N) is 1. The van der Waals surface area contributed by atoms with Crippen molar-refractivity contribution >= 4 is 28.7 Å². The van der Waals surface area contributed by atoms with Gasteiger partial charge < -0.3 is 20.3 Å². The quantitative estimate of drug-likeness (QED) is 0.623. The van der Waals surface area contributed by atoms with Crippen LogP contribution < -0.4 is 15.2 Å². The number of hydrogen-bond acceptors (Lipinski definition) is 6. The van der Waals surface area contributed by atoms with Crippen LogP contribution in [-0.2, 0) is 9.59 Å². The van der Waals surface area contributed by atoms with Crippen LogP contribution in [0.3, 0.4) is 0 Å². The molecule has 0 aliphatic heterocycles. The third-order valence-electron chi connectivity index (χ3n) is 2.67. The number of carbonyl (C=O) groups is 3. The number of halogens is 1. The van der Waals surface area contributed by atoms with Gasteiger partial charge in [0.1, 0.15) is 22.7 Å². The SMILES string of the molecule is COc1cc(F)c2nc(C(N)=O)cc(OC(=O)C(=O)O)c2c1. The van der Waals surface area contributed by atoms with Crippen molar-refractivity contribution in [1.29, 1.82) is 0 Å². The van der Waals surface area contributed by atoms with E-state index >= 15 is 0 Å². The number of aromatic nitrogens is 1. The maximum Gasteiger partial charge on any atom is 0.422 e. The average Bonchev–Trinajstić information content (AvgIpc) is 2.46. The third-order valence-corrected chi connectivity index (χ3v) is 2.67. The minimum atomic E-state index is -1.85. The van der Waals surface area contributed by atoms with Crippen molar-refractivity contribution in [3.8, 4) is 11.5 Å². The van der Waals surface area contributed by atoms with Gasteiger partial charge >= 0.3 is 11.9 Å². The number of benzene rings is 1. The summed E-state index contributed by atoms with van der Waals surface area (Å²) in [4.78, 5) is 36.7. The van der Waals surface area contributed by atoms with Gasteiger partial charge in [-0.05, 0) is 6.07 Å². The molecule has 9 heteroatoms. The van der Waals surface area contributed by atoms with E-state index in [1.54, 1.807) is 0 Å². The highest BCUT2D eigenvalue weighted by Gasteiger charge is 2.20. The van der Waals surface area contributed by atoms with Crippen LogP contribution in [-0.4, -0.2) is 35.0 Å². The molecule has 1 aromatic heterocycles. The van der Waals surface area contributed by atoms with E-state index in [0.29, 0.717) is 0 Å². The zero-order chi connectivity index (χ0) is 16.4. The van der Waals surface area contributed by atoms with Crippen LogP contribution in [0.2, 0.25) is 0 Å². The van der Waals surface area contributed by atoms with Crippen LogP contribution in [0, 0.1) is 5.82 Å². The van der Waals surface area contributed by atoms with Crippen LogP contribution in [0.25, 0.3) is 10.9 Å². The van der Waals surface area contributed by atoms with E-state index in [-0.39, 0.29) is 28.1 Å². The first-order valence-electron chi connectivity index (χ1n) is 5.76. The number of nitrogens with zero attached hydrogens (tertiary/aromatic N) is 1. The van der Waals surface area contributed by atoms with Gasteiger partial charge in [0, 0.05) is 17.5 Å². The second-order valence-corrected chi connectivity index (χ2v) is 4.07. The lowest BCUT2D eigenvalue weighted by Crippen LogP contribution is -2.20. The Kier molecular flexibility index (Phi) is 3.89. The average molecular weight is 308 g/mol. The topological polar surface area (TPSA) is 129 Å². The molecule has 1 aromatic carbocycles. The van der Waals surface area contributed by atoms with Crippen LogP contribution in [0.15, 0.2) is 18.2 Å². The Morgan fingerprint density at radius 3 is 2.50 bits per heavy atom. The molecule has 3 N–H and O–H groups in total. The normalized spacial score (nSPS) is 10.3. The molecule has 0 unspecified atom stereocenters. The summed E-state index contributed by atoms with van der Waals surface area (Å²) in [6.07, 6.45) is 0. The van der Waals surface area contributed by atoms with Crippen LogP contribution in [0.5, 0.6) is 11.5 Å². The van der Waals surface area contributed by atoms with E-state index in [9.17, 15) is 18.8 Å². The van der Waals surface area contributed by atoms with Gasteiger partial charge in [-0.15, -0.1) is 0 Å². The van der Waals surface area contributed by atoms with Crippen LogP contribution in [0.1, 0.15) is 10.5 Å². The number of methoxy groups -OCH3 is 1. The predicted molar refractivity (Wildman–Crippen MR) is 70.0 cm³/mol. The number of hydrogen-bond donors (Lipinski definition) is 2. The molecule has 8 nitrogen and oxygen atoms in total. The molecular weight excluding hydrogens is 299 g/mol. The largest absolute Gasteiger partial charge is 0.497 e. The first-order valence-corrected chi connectivity index (χ1v) is 5.76. The summed E-state index contributed by atoms with van der Waals surface area (Å²) in [7, 11) is 1.29. The molecule has 2 rings (SSSR count). The van der Waals surface area contributed by atoms with Gasteiger partial charge in [-0.25, -0.2) is 19.0 Å². The molecule has 0 aliphatic rings. The maximum atomic E-state index is 14.0. The van der Waals surface area contributed by atoms with E-state index in [0.717, 1.165) is 12.1 Å². The first-order chi connectivity index (χ1) is 10.3. The summed E-state index contributed by atoms with van der Waals surface area (Å²) in [6.45, 7) is 0. The third kappa shape index (κ3) is 2.77. The zero-order valence-electron chi connectivity index (χ0n) is 11.1. The standard InChI is InChI=1S/C13H9FN2O6/c1-21-5-2-6-9(22-13(20)12(18)19)4-8(11(15)17)16-10(6)7(14)3-5/h2-4H,1H3,(H2,15,17)(H,18,19). The number of carboxylic acids is 1. The highest BCUT2D eigenvalue weighted by atomic mass is 19.1. The molecule has 0 saturated heterocycles. The summed E-state index contributed by atoms with van der Waals surface area (Å²) >= 11 is 0. The van der Waals surface area contributed by atoms with E-state index in [1.807, 2.05) is 0 Å². The molecule has 1 heterocycles. The Labute approximate surface area is 122 Å². The smallest absolute Gasteiger partial charge is 0.422 e. The summed E-state index contributed by atoms with van der Waals surface area (Å²) in [5, 5.41) is 8.52. The number of esters is 1. The summed E-state index contributed by atoms with van der Waals surface area (Å²) in [5.41, 5.74) is 4.37. The lowest BCUT2D eigenvalue weighted by molar-refractivity contribution is -0.157. The minimum Gasteiger partial charge on any atom is -0.497 e. The molecule has 0 fully saturated rings. The van der Waals surface area contributed by atoms with Crippen molar-refractivity contribution in [2.75, 3.05) is 7.11 Å². The van der Waals surface area contributed by atoms with E-state index in [2.05, 4.69) is 9.72 Å². The van der Waals surface area contributed by atoms with Gasteiger partial charge in [-0.3, -0.25) is 4.79 Å². The van der Waals surface area contributed by atoms with E-state index in [4.69, 9.17) is 15.6 Å². The Hall–Kier alpha value is -3.23. The lowest BCUT2D eigenvalue weighted by atomic mass is 10.1. The maximum absolute atomic E-state index is 14.0. The number of rotatable bonds is 3. The number of carbonyl (C=O) groups excluding carboxylic acids is 2. The molecule has 0 spiro atoms. The first kappa shape index (κ1) is 15.2. The summed E-state index contributed by atoms with van der Waals surface area (Å²) < 4.78 is 23.5. The van der Waals surface area contributed by atoms with E-state index < -0.39 is 23.7 Å². The molecule has 2 aromatic rings. The molecule has 22 heavy (non-hydrogen) atoms. The number of carboxylic acid groups (broad SMARTS) is 1. The Morgan fingerprint density at radius 2 is 1.95 bits per heavy atom. The number of fused-ring (bicyclic) bond motifs is 1. The summed E-state index contributed by atoms with van der Waals surface area (Å²) in [6, 6.07) is 3.23. The number of aliphatic carboxylic acids is 1. The highest BCUT2D eigenvalue weighted by molar-refractivity contribution is 6.29. The van der Waals surface area contributed by atoms with Crippen molar-refractivity contribution in [2.24, 2.45) is 5.73 Å². The Balaban J connectivity index is 2.74. The Morgan fingerprint density at radius 1 is 1.27 bits per heavy atom. The molecule has 1 amide bonds. The lowest BCUT2D eigenvalue weighted by Gasteiger charge is -2.10. The van der Waals surface area contributed by atoms with Gasteiger partial charge in [-0.2, -0.15) is 0 Å². The summed E-state index contributed by atoms with van der Waals surface area (Å²) in [5.74, 6) is -5.59. The van der Waals surface area contributed by atoms with Gasteiger partial charge in [0.2, 0.25) is 0 Å². The van der Waals surface area contributed by atoms with Gasteiger partial charge in [-0.1, -0.05) is 0 Å². The zero-order valence-corrected chi connectivity index (χ0v) is 11.1. The second kappa shape index (κ2) is 5.64. The van der Waals surface area contributed by atoms with Crippen molar-refractivity contribution < 1.29 is 33.4 Å². The molecule has 0 radical (unpaired) electrons. The van der Waals surface area contributed by atoms with E-state index in [1.165, 1.54) is 13.2 Å². The van der Waals surface area contributed by atoms with Gasteiger partial charge in [0.25, 0.3) is 5.91 Å². The fourth-order valence-electron chi connectivity index (χ4n) is 1.70. The predicted octanol–water partition coefficient (Wildman–Crippen LogP) is 0.471. The van der Waals surface area contributed by atoms with Crippen LogP contribution in [0.4, 0.5) is 4.39 Å². The number of amides is 1. The molecule has 114 valence electrons.